The summed E-state index contributed by atoms with van der Waals surface area (Å²) in [6, 6.07) is 13.7. The maximum Gasteiger partial charge on any atom is 0.274 e. The van der Waals surface area contributed by atoms with E-state index in [0.717, 1.165) is 16.7 Å². The number of hydrogen-bond acceptors (Lipinski definition) is 4. The summed E-state index contributed by atoms with van der Waals surface area (Å²) in [4.78, 5) is 28.1. The number of nitrogens with zero attached hydrogens (tertiary/aromatic N) is 2. The van der Waals surface area contributed by atoms with Crippen molar-refractivity contribution in [3.8, 4) is 17.0 Å². The first-order valence-corrected chi connectivity index (χ1v) is 9.62. The smallest absolute Gasteiger partial charge is 0.274 e. The first-order valence-electron chi connectivity index (χ1n) is 9.62. The van der Waals surface area contributed by atoms with Crippen molar-refractivity contribution in [2.45, 2.75) is 26.8 Å². The Bertz CT molecular complexity index is 1300. The Balaban J connectivity index is 1.63. The molecule has 0 aliphatic carbocycles. The van der Waals surface area contributed by atoms with Gasteiger partial charge in [0, 0.05) is 6.07 Å². The van der Waals surface area contributed by atoms with E-state index in [1.165, 1.54) is 16.1 Å². The van der Waals surface area contributed by atoms with Crippen molar-refractivity contribution in [2.75, 3.05) is 0 Å². The van der Waals surface area contributed by atoms with E-state index in [4.69, 9.17) is 0 Å². The second-order valence-electron chi connectivity index (χ2n) is 7.44. The normalized spacial score (nSPS) is 12.1. The van der Waals surface area contributed by atoms with Gasteiger partial charge in [0.1, 0.15) is 11.3 Å². The highest BCUT2D eigenvalue weighted by Crippen LogP contribution is 2.20. The molecule has 1 amide bonds. The number of benzene rings is 2. The van der Waals surface area contributed by atoms with Gasteiger partial charge in [-0.1, -0.05) is 24.3 Å². The lowest BCUT2D eigenvalue weighted by atomic mass is 10.0. The Morgan fingerprint density at radius 1 is 1.10 bits per heavy atom. The molecule has 30 heavy (non-hydrogen) atoms. The second kappa shape index (κ2) is 7.51. The van der Waals surface area contributed by atoms with Gasteiger partial charge in [0.15, 0.2) is 5.69 Å². The minimum atomic E-state index is -0.383. The molecule has 0 fully saturated rings. The van der Waals surface area contributed by atoms with Gasteiger partial charge in [0.25, 0.3) is 11.5 Å². The lowest BCUT2D eigenvalue weighted by Crippen LogP contribution is -2.27. The van der Waals surface area contributed by atoms with Crippen LogP contribution in [0.15, 0.2) is 59.5 Å². The van der Waals surface area contributed by atoms with Gasteiger partial charge in [0.05, 0.1) is 17.9 Å². The summed E-state index contributed by atoms with van der Waals surface area (Å²) in [6.45, 7) is 5.88. The number of phenolic OH excluding ortho intramolecular Hbond substituents is 1. The molecule has 3 N–H and O–H groups in total. The summed E-state index contributed by atoms with van der Waals surface area (Å²) >= 11 is 0. The zero-order valence-electron chi connectivity index (χ0n) is 16.9. The van der Waals surface area contributed by atoms with Crippen LogP contribution in [-0.2, 0) is 0 Å². The minimum Gasteiger partial charge on any atom is -0.508 e. The van der Waals surface area contributed by atoms with Gasteiger partial charge in [-0.15, -0.1) is 0 Å². The molecule has 152 valence electrons. The molecule has 0 bridgehead atoms. The topological polar surface area (TPSA) is 99.5 Å². The first-order chi connectivity index (χ1) is 14.3. The number of aromatic amines is 1. The summed E-state index contributed by atoms with van der Waals surface area (Å²) in [5.41, 5.74) is 4.78. The van der Waals surface area contributed by atoms with E-state index in [9.17, 15) is 14.7 Å². The predicted molar refractivity (Wildman–Crippen MR) is 115 cm³/mol. The van der Waals surface area contributed by atoms with Gasteiger partial charge in [-0.2, -0.15) is 5.10 Å². The van der Waals surface area contributed by atoms with Gasteiger partial charge in [0.2, 0.25) is 0 Å². The van der Waals surface area contributed by atoms with E-state index in [-0.39, 0.29) is 29.0 Å². The fraction of sp³-hybridized carbons (Fsp3) is 0.174. The average molecular weight is 402 g/mol. The summed E-state index contributed by atoms with van der Waals surface area (Å²) in [7, 11) is 0. The molecule has 0 spiro atoms. The number of hydrogen-bond donors (Lipinski definition) is 3. The Hall–Kier alpha value is -3.87. The van der Waals surface area contributed by atoms with Crippen molar-refractivity contribution in [1.29, 1.82) is 0 Å². The van der Waals surface area contributed by atoms with Crippen LogP contribution in [0.1, 0.15) is 40.1 Å². The molecule has 7 heteroatoms. The molecule has 0 saturated heterocycles. The van der Waals surface area contributed by atoms with Gasteiger partial charge < -0.3 is 15.4 Å². The molecule has 2 aromatic carbocycles. The Kier molecular flexibility index (Phi) is 4.87. The Morgan fingerprint density at radius 3 is 2.53 bits per heavy atom. The van der Waals surface area contributed by atoms with Crippen LogP contribution in [0, 0.1) is 13.8 Å². The second-order valence-corrected chi connectivity index (χ2v) is 7.44. The van der Waals surface area contributed by atoms with Crippen LogP contribution in [0.2, 0.25) is 0 Å². The van der Waals surface area contributed by atoms with Gasteiger partial charge in [-0.25, -0.2) is 4.52 Å². The SMILES string of the molecule is Cc1ccc(-c2cn3nc(C(=O)NC(C)c4ccc(O)cc4)cc3c(=O)[nH]2)cc1C. The lowest BCUT2D eigenvalue weighted by Gasteiger charge is -2.13. The van der Waals surface area contributed by atoms with Crippen LogP contribution >= 0.6 is 0 Å². The van der Waals surface area contributed by atoms with Crippen molar-refractivity contribution >= 4 is 11.4 Å². The number of nitrogens with one attached hydrogen (secondary N) is 2. The Labute approximate surface area is 173 Å². The number of aromatic nitrogens is 3. The predicted octanol–water partition coefficient (Wildman–Crippen LogP) is 3.50. The third-order valence-electron chi connectivity index (χ3n) is 5.26. The molecule has 2 heterocycles. The third-order valence-corrected chi connectivity index (χ3v) is 5.26. The first kappa shape index (κ1) is 19.4. The number of carbonyl (C=O) groups excluding carboxylic acids is 1. The highest BCUT2D eigenvalue weighted by atomic mass is 16.3. The molecule has 7 nitrogen and oxygen atoms in total. The fourth-order valence-electron chi connectivity index (χ4n) is 3.29. The minimum absolute atomic E-state index is 0.156. The van der Waals surface area contributed by atoms with Crippen molar-refractivity contribution < 1.29 is 9.90 Å². The molecule has 0 aliphatic heterocycles. The molecule has 4 rings (SSSR count). The number of fused-ring (bicyclic) bond motifs is 1. The van der Waals surface area contributed by atoms with Crippen molar-refractivity contribution in [1.82, 2.24) is 19.9 Å². The highest BCUT2D eigenvalue weighted by molar-refractivity contribution is 5.93. The summed E-state index contributed by atoms with van der Waals surface area (Å²) in [5, 5.41) is 16.6. The molecule has 1 unspecified atom stereocenters. The number of rotatable bonds is 4. The van der Waals surface area contributed by atoms with Crippen LogP contribution in [0.25, 0.3) is 16.8 Å². The fourth-order valence-corrected chi connectivity index (χ4v) is 3.29. The molecule has 2 aromatic heterocycles. The van der Waals surface area contributed by atoms with Crippen molar-refractivity contribution in [2.24, 2.45) is 0 Å². The number of H-pyrrole nitrogens is 1. The van der Waals surface area contributed by atoms with Crippen LogP contribution in [-0.4, -0.2) is 25.6 Å². The Morgan fingerprint density at radius 2 is 1.83 bits per heavy atom. The van der Waals surface area contributed by atoms with E-state index >= 15 is 0 Å². The number of aryl methyl sites for hydroxylation is 2. The number of aromatic hydroxyl groups is 1. The van der Waals surface area contributed by atoms with Crippen LogP contribution < -0.4 is 10.9 Å². The zero-order chi connectivity index (χ0) is 21.4. The number of carbonyl (C=O) groups is 1. The zero-order valence-corrected chi connectivity index (χ0v) is 16.9. The van der Waals surface area contributed by atoms with Gasteiger partial charge in [-0.3, -0.25) is 9.59 Å². The van der Waals surface area contributed by atoms with Crippen molar-refractivity contribution in [3.05, 3.63) is 87.5 Å². The maximum absolute atomic E-state index is 12.7. The monoisotopic (exact) mass is 402 g/mol. The molecule has 0 aliphatic rings. The van der Waals surface area contributed by atoms with E-state index in [1.54, 1.807) is 30.5 Å². The molecule has 0 radical (unpaired) electrons. The van der Waals surface area contributed by atoms with Crippen molar-refractivity contribution in [3.63, 3.8) is 0 Å². The van der Waals surface area contributed by atoms with Gasteiger partial charge >= 0.3 is 0 Å². The van der Waals surface area contributed by atoms with Crippen LogP contribution in [0.4, 0.5) is 0 Å². The van der Waals surface area contributed by atoms with E-state index in [1.807, 2.05) is 39.0 Å². The molecule has 0 saturated carbocycles. The molecular formula is C23H22N4O3. The van der Waals surface area contributed by atoms with E-state index in [2.05, 4.69) is 15.4 Å². The summed E-state index contributed by atoms with van der Waals surface area (Å²) in [6.07, 6.45) is 1.71. The summed E-state index contributed by atoms with van der Waals surface area (Å²) < 4.78 is 1.43. The highest BCUT2D eigenvalue weighted by Gasteiger charge is 2.17. The number of amides is 1. The summed E-state index contributed by atoms with van der Waals surface area (Å²) in [5.74, 6) is -0.220. The maximum atomic E-state index is 12.7. The van der Waals surface area contributed by atoms with E-state index < -0.39 is 0 Å². The van der Waals surface area contributed by atoms with E-state index in [0.29, 0.717) is 11.2 Å². The quantitative estimate of drug-likeness (QED) is 0.486. The standard InChI is InChI=1S/C23H22N4O3/c1-13-4-5-17(10-14(13)2)20-12-27-21(23(30)25-20)11-19(26-27)22(29)24-15(3)16-6-8-18(28)9-7-16/h4-12,15,28H,1-3H3,(H,24,29)(H,25,30). The van der Waals surface area contributed by atoms with Crippen LogP contribution in [0.3, 0.4) is 0 Å². The lowest BCUT2D eigenvalue weighted by molar-refractivity contribution is 0.0934. The van der Waals surface area contributed by atoms with Gasteiger partial charge in [-0.05, 0) is 61.2 Å². The molecule has 1 atom stereocenters. The average Bonchev–Trinajstić information content (AvgIpc) is 3.15. The third kappa shape index (κ3) is 3.69. The number of phenols is 1. The molecular weight excluding hydrogens is 380 g/mol. The van der Waals surface area contributed by atoms with Crippen LogP contribution in [0.5, 0.6) is 5.75 Å². The largest absolute Gasteiger partial charge is 0.508 e. The molecule has 4 aromatic rings.